The third-order valence-corrected chi connectivity index (χ3v) is 3.71. The number of aromatic nitrogens is 4. The Morgan fingerprint density at radius 3 is 2.68 bits per heavy atom. The molecule has 7 nitrogen and oxygen atoms in total. The Hall–Kier alpha value is -3.22. The Morgan fingerprint density at radius 2 is 2.00 bits per heavy atom. The van der Waals surface area contributed by atoms with Gasteiger partial charge in [-0.1, -0.05) is 30.3 Å². The van der Waals surface area contributed by atoms with E-state index in [4.69, 9.17) is 0 Å². The van der Waals surface area contributed by atoms with Gasteiger partial charge in [-0.3, -0.25) is 9.67 Å². The van der Waals surface area contributed by atoms with Gasteiger partial charge in [-0.2, -0.15) is 5.10 Å². The molecule has 2 heterocycles. The van der Waals surface area contributed by atoms with Crippen LogP contribution in [0.4, 0.5) is 4.79 Å². The van der Waals surface area contributed by atoms with E-state index in [2.05, 4.69) is 25.7 Å². The smallest absolute Gasteiger partial charge is 0.315 e. The summed E-state index contributed by atoms with van der Waals surface area (Å²) in [4.78, 5) is 20.0. The van der Waals surface area contributed by atoms with E-state index in [-0.39, 0.29) is 12.1 Å². The van der Waals surface area contributed by atoms with Gasteiger partial charge in [0, 0.05) is 25.0 Å². The van der Waals surface area contributed by atoms with Crippen molar-refractivity contribution in [3.8, 4) is 11.1 Å². The summed E-state index contributed by atoms with van der Waals surface area (Å²) in [6.45, 7) is 2.96. The maximum Gasteiger partial charge on any atom is 0.315 e. The van der Waals surface area contributed by atoms with Crippen molar-refractivity contribution >= 4 is 6.03 Å². The first-order valence-electron chi connectivity index (χ1n) is 8.07. The van der Waals surface area contributed by atoms with Gasteiger partial charge in [-0.15, -0.1) is 0 Å². The Balaban J connectivity index is 1.47. The first-order valence-corrected chi connectivity index (χ1v) is 8.07. The van der Waals surface area contributed by atoms with Crippen molar-refractivity contribution in [1.82, 2.24) is 30.4 Å². The fourth-order valence-electron chi connectivity index (χ4n) is 2.46. The molecule has 3 rings (SSSR count). The molecule has 1 atom stereocenters. The maximum atomic E-state index is 12.0. The summed E-state index contributed by atoms with van der Waals surface area (Å²) >= 11 is 0. The van der Waals surface area contributed by atoms with E-state index in [1.54, 1.807) is 17.2 Å². The monoisotopic (exact) mass is 336 g/mol. The van der Waals surface area contributed by atoms with E-state index in [0.29, 0.717) is 13.1 Å². The van der Waals surface area contributed by atoms with Gasteiger partial charge in [0.1, 0.15) is 12.7 Å². The number of hydrogen-bond donors (Lipinski definition) is 2. The van der Waals surface area contributed by atoms with Crippen molar-refractivity contribution < 1.29 is 4.79 Å². The summed E-state index contributed by atoms with van der Waals surface area (Å²) in [5, 5.41) is 9.76. The van der Waals surface area contributed by atoms with Crippen LogP contribution in [0, 0.1) is 0 Å². The highest BCUT2D eigenvalue weighted by molar-refractivity contribution is 5.74. The predicted octanol–water partition coefficient (Wildman–Crippen LogP) is 2.23. The zero-order chi connectivity index (χ0) is 17.5. The normalized spacial score (nSPS) is 11.7. The number of hydrogen-bond acceptors (Lipinski definition) is 4. The first kappa shape index (κ1) is 16.6. The number of carbonyl (C=O) groups excluding carboxylic acids is 1. The number of benzene rings is 1. The highest BCUT2D eigenvalue weighted by Gasteiger charge is 2.08. The largest absolute Gasteiger partial charge is 0.334 e. The standard InChI is InChI=1S/C18H20N6O/c1-14(11-24-13-20-12-22-24)23-18(25)21-9-15-4-6-16(7-5-15)17-3-2-8-19-10-17/h2-8,10,12-14H,9,11H2,1H3,(H2,21,23,25)/t14-/m1/s1. The molecule has 0 saturated heterocycles. The van der Waals surface area contributed by atoms with Crippen LogP contribution in [-0.2, 0) is 13.1 Å². The van der Waals surface area contributed by atoms with E-state index in [1.165, 1.54) is 6.33 Å². The van der Waals surface area contributed by atoms with Gasteiger partial charge < -0.3 is 10.6 Å². The number of pyridine rings is 1. The first-order chi connectivity index (χ1) is 12.2. The summed E-state index contributed by atoms with van der Waals surface area (Å²) in [6.07, 6.45) is 6.68. The summed E-state index contributed by atoms with van der Waals surface area (Å²) in [5.41, 5.74) is 3.20. The van der Waals surface area contributed by atoms with Gasteiger partial charge in [-0.25, -0.2) is 9.78 Å². The van der Waals surface area contributed by atoms with Crippen molar-refractivity contribution in [3.63, 3.8) is 0 Å². The van der Waals surface area contributed by atoms with Crippen LogP contribution in [-0.4, -0.2) is 31.8 Å². The van der Waals surface area contributed by atoms with E-state index < -0.39 is 0 Å². The molecule has 7 heteroatoms. The molecule has 25 heavy (non-hydrogen) atoms. The second kappa shape index (κ2) is 8.05. The van der Waals surface area contributed by atoms with E-state index in [0.717, 1.165) is 16.7 Å². The van der Waals surface area contributed by atoms with Crippen LogP contribution in [0.3, 0.4) is 0 Å². The highest BCUT2D eigenvalue weighted by Crippen LogP contribution is 2.18. The molecule has 0 aliphatic heterocycles. The predicted molar refractivity (Wildman–Crippen MR) is 94.5 cm³/mol. The molecule has 0 unspecified atom stereocenters. The molecule has 0 fully saturated rings. The summed E-state index contributed by atoms with van der Waals surface area (Å²) in [5.74, 6) is 0. The Labute approximate surface area is 146 Å². The van der Waals surface area contributed by atoms with Gasteiger partial charge in [0.15, 0.2) is 0 Å². The molecule has 0 bridgehead atoms. The fourth-order valence-corrected chi connectivity index (χ4v) is 2.46. The van der Waals surface area contributed by atoms with Crippen LogP contribution in [0.25, 0.3) is 11.1 Å². The molecule has 3 aromatic rings. The van der Waals surface area contributed by atoms with Crippen molar-refractivity contribution in [2.45, 2.75) is 26.1 Å². The van der Waals surface area contributed by atoms with Crippen molar-refractivity contribution in [2.24, 2.45) is 0 Å². The lowest BCUT2D eigenvalue weighted by Gasteiger charge is -2.14. The molecule has 2 N–H and O–H groups in total. The lowest BCUT2D eigenvalue weighted by molar-refractivity contribution is 0.235. The van der Waals surface area contributed by atoms with Gasteiger partial charge in [0.05, 0.1) is 6.54 Å². The number of rotatable bonds is 6. The molecule has 128 valence electrons. The Bertz CT molecular complexity index is 786. The number of carbonyl (C=O) groups is 1. The average molecular weight is 336 g/mol. The topological polar surface area (TPSA) is 84.7 Å². The lowest BCUT2D eigenvalue weighted by Crippen LogP contribution is -2.42. The van der Waals surface area contributed by atoms with E-state index >= 15 is 0 Å². The second-order valence-electron chi connectivity index (χ2n) is 5.78. The molecule has 0 radical (unpaired) electrons. The number of nitrogens with one attached hydrogen (secondary N) is 2. The highest BCUT2D eigenvalue weighted by atomic mass is 16.2. The maximum absolute atomic E-state index is 12.0. The van der Waals surface area contributed by atoms with Crippen molar-refractivity contribution in [1.29, 1.82) is 0 Å². The van der Waals surface area contributed by atoms with Crippen LogP contribution in [0.1, 0.15) is 12.5 Å². The quantitative estimate of drug-likeness (QED) is 0.723. The molecule has 2 aromatic heterocycles. The third-order valence-electron chi connectivity index (χ3n) is 3.71. The minimum atomic E-state index is -0.205. The van der Waals surface area contributed by atoms with Crippen LogP contribution in [0.15, 0.2) is 61.4 Å². The van der Waals surface area contributed by atoms with Gasteiger partial charge in [-0.05, 0) is 29.7 Å². The molecule has 0 spiro atoms. The molecule has 2 amide bonds. The molecule has 0 aliphatic rings. The van der Waals surface area contributed by atoms with Gasteiger partial charge >= 0.3 is 6.03 Å². The van der Waals surface area contributed by atoms with E-state index in [9.17, 15) is 4.79 Å². The number of amides is 2. The third kappa shape index (κ3) is 4.87. The van der Waals surface area contributed by atoms with Crippen LogP contribution >= 0.6 is 0 Å². The zero-order valence-electron chi connectivity index (χ0n) is 14.0. The number of urea groups is 1. The molecular formula is C18H20N6O. The van der Waals surface area contributed by atoms with Gasteiger partial charge in [0.2, 0.25) is 0 Å². The Kier molecular flexibility index (Phi) is 5.36. The Morgan fingerprint density at radius 1 is 1.16 bits per heavy atom. The fraction of sp³-hybridized carbons (Fsp3) is 0.222. The van der Waals surface area contributed by atoms with Crippen LogP contribution < -0.4 is 10.6 Å². The molecular weight excluding hydrogens is 316 g/mol. The van der Waals surface area contributed by atoms with E-state index in [1.807, 2.05) is 49.5 Å². The average Bonchev–Trinajstić information content (AvgIpc) is 3.14. The molecule has 0 aliphatic carbocycles. The number of nitrogens with zero attached hydrogens (tertiary/aromatic N) is 4. The molecule has 1 aromatic carbocycles. The minimum absolute atomic E-state index is 0.0466. The molecule has 0 saturated carbocycles. The minimum Gasteiger partial charge on any atom is -0.334 e. The summed E-state index contributed by atoms with van der Waals surface area (Å²) in [6, 6.07) is 11.7. The zero-order valence-corrected chi connectivity index (χ0v) is 14.0. The lowest BCUT2D eigenvalue weighted by atomic mass is 10.1. The summed E-state index contributed by atoms with van der Waals surface area (Å²) < 4.78 is 1.68. The van der Waals surface area contributed by atoms with Gasteiger partial charge in [0.25, 0.3) is 0 Å². The van der Waals surface area contributed by atoms with Crippen LogP contribution in [0.2, 0.25) is 0 Å². The SMILES string of the molecule is C[C@H](Cn1cncn1)NC(=O)NCc1ccc(-c2cccnc2)cc1. The van der Waals surface area contributed by atoms with Crippen molar-refractivity contribution in [2.75, 3.05) is 0 Å². The summed E-state index contributed by atoms with van der Waals surface area (Å²) in [7, 11) is 0. The van der Waals surface area contributed by atoms with Crippen molar-refractivity contribution in [3.05, 3.63) is 67.0 Å². The second-order valence-corrected chi connectivity index (χ2v) is 5.78. The van der Waals surface area contributed by atoms with Crippen LogP contribution in [0.5, 0.6) is 0 Å².